The van der Waals surface area contributed by atoms with Gasteiger partial charge >= 0.3 is 0 Å². The van der Waals surface area contributed by atoms with Crippen LogP contribution < -0.4 is 5.73 Å². The first-order valence-electron chi connectivity index (χ1n) is 4.08. The van der Waals surface area contributed by atoms with E-state index in [9.17, 15) is 4.79 Å². The minimum atomic E-state index is -0.237. The highest BCUT2D eigenvalue weighted by atomic mass is 16.1. The zero-order valence-electron chi connectivity index (χ0n) is 8.50. The quantitative estimate of drug-likeness (QED) is 0.550. The number of rotatable bonds is 5. The zero-order valence-corrected chi connectivity index (χ0v) is 8.50. The Balaban J connectivity index is 3.78. The van der Waals surface area contributed by atoms with Crippen molar-refractivity contribution in [3.05, 3.63) is 0 Å². The lowest BCUT2D eigenvalue weighted by molar-refractivity contribution is -0.881. The van der Waals surface area contributed by atoms with E-state index >= 15 is 0 Å². The molecule has 0 fully saturated rings. The molecule has 0 aliphatic heterocycles. The second-order valence-electron chi connectivity index (χ2n) is 4.09. The van der Waals surface area contributed by atoms with Crippen molar-refractivity contribution in [3.63, 3.8) is 0 Å². The van der Waals surface area contributed by atoms with Gasteiger partial charge in [-0.2, -0.15) is 0 Å². The molecule has 0 rings (SSSR count). The molecule has 0 unspecified atom stereocenters. The maximum Gasteiger partial charge on any atom is 0.272 e. The SMILES string of the molecule is CN(C)CC[N+](C)(C)CC(N)=O. The van der Waals surface area contributed by atoms with Gasteiger partial charge in [0.15, 0.2) is 6.54 Å². The molecule has 4 nitrogen and oxygen atoms in total. The van der Waals surface area contributed by atoms with E-state index in [4.69, 9.17) is 5.73 Å². The van der Waals surface area contributed by atoms with E-state index in [1.54, 1.807) is 0 Å². The number of primary amides is 1. The van der Waals surface area contributed by atoms with Crippen molar-refractivity contribution in [2.45, 2.75) is 0 Å². The van der Waals surface area contributed by atoms with Gasteiger partial charge in [0, 0.05) is 6.54 Å². The maximum absolute atomic E-state index is 10.7. The van der Waals surface area contributed by atoms with E-state index < -0.39 is 0 Å². The van der Waals surface area contributed by atoms with Crippen LogP contribution >= 0.6 is 0 Å². The van der Waals surface area contributed by atoms with E-state index in [-0.39, 0.29) is 5.91 Å². The number of carbonyl (C=O) groups excluding carboxylic acids is 1. The van der Waals surface area contributed by atoms with Gasteiger partial charge in [0.1, 0.15) is 0 Å². The first-order chi connectivity index (χ1) is 5.33. The van der Waals surface area contributed by atoms with Gasteiger partial charge in [-0.3, -0.25) is 4.79 Å². The Hall–Kier alpha value is -0.610. The van der Waals surface area contributed by atoms with Crippen molar-refractivity contribution in [1.29, 1.82) is 0 Å². The molecule has 0 saturated heterocycles. The van der Waals surface area contributed by atoms with Crippen LogP contribution in [0.3, 0.4) is 0 Å². The second kappa shape index (κ2) is 4.42. The fraction of sp³-hybridized carbons (Fsp3) is 0.875. The second-order valence-corrected chi connectivity index (χ2v) is 4.09. The normalized spacial score (nSPS) is 12.1. The number of amides is 1. The van der Waals surface area contributed by atoms with Crippen molar-refractivity contribution in [2.75, 3.05) is 47.8 Å². The lowest BCUT2D eigenvalue weighted by Gasteiger charge is -2.29. The molecule has 0 bridgehead atoms. The predicted molar refractivity (Wildman–Crippen MR) is 49.6 cm³/mol. The summed E-state index contributed by atoms with van der Waals surface area (Å²) in [7, 11) is 8.05. The Morgan fingerprint density at radius 3 is 2.25 bits per heavy atom. The van der Waals surface area contributed by atoms with E-state index in [0.717, 1.165) is 13.1 Å². The molecule has 0 aliphatic carbocycles. The number of hydrogen-bond acceptors (Lipinski definition) is 2. The molecule has 0 heterocycles. The highest BCUT2D eigenvalue weighted by molar-refractivity contribution is 5.74. The Morgan fingerprint density at radius 2 is 1.92 bits per heavy atom. The Kier molecular flexibility index (Phi) is 4.20. The summed E-state index contributed by atoms with van der Waals surface area (Å²) in [5.41, 5.74) is 5.12. The number of nitrogens with two attached hydrogens (primary N) is 1. The minimum Gasteiger partial charge on any atom is -0.365 e. The third-order valence-corrected chi connectivity index (χ3v) is 1.74. The monoisotopic (exact) mass is 174 g/mol. The molecule has 1 amide bonds. The summed E-state index contributed by atoms with van der Waals surface area (Å²) >= 11 is 0. The molecule has 0 aromatic heterocycles. The minimum absolute atomic E-state index is 0.237. The van der Waals surface area contributed by atoms with Crippen molar-refractivity contribution >= 4 is 5.91 Å². The molecule has 0 atom stereocenters. The van der Waals surface area contributed by atoms with Gasteiger partial charge in [-0.25, -0.2) is 0 Å². The molecule has 0 aromatic rings. The van der Waals surface area contributed by atoms with Crippen LogP contribution in [-0.4, -0.2) is 63.1 Å². The van der Waals surface area contributed by atoms with E-state index in [2.05, 4.69) is 4.90 Å². The van der Waals surface area contributed by atoms with E-state index in [1.165, 1.54) is 0 Å². The number of nitrogens with zero attached hydrogens (tertiary/aromatic N) is 2. The molecule has 0 spiro atoms. The highest BCUT2D eigenvalue weighted by Gasteiger charge is 2.17. The van der Waals surface area contributed by atoms with Crippen LogP contribution in [0.5, 0.6) is 0 Å². The van der Waals surface area contributed by atoms with Gasteiger partial charge in [0.25, 0.3) is 5.91 Å². The highest BCUT2D eigenvalue weighted by Crippen LogP contribution is 1.95. The number of likely N-dealkylation sites (N-methyl/N-ethyl adjacent to an activating group) is 2. The van der Waals surface area contributed by atoms with Crippen LogP contribution in [0.2, 0.25) is 0 Å². The Labute approximate surface area is 74.5 Å². The lowest BCUT2D eigenvalue weighted by Crippen LogP contribution is -2.49. The van der Waals surface area contributed by atoms with E-state index in [1.807, 2.05) is 28.2 Å². The first kappa shape index (κ1) is 11.4. The maximum atomic E-state index is 10.7. The van der Waals surface area contributed by atoms with Crippen LogP contribution in [0.15, 0.2) is 0 Å². The smallest absolute Gasteiger partial charge is 0.272 e. The fourth-order valence-electron chi connectivity index (χ4n) is 0.972. The van der Waals surface area contributed by atoms with Crippen molar-refractivity contribution in [1.82, 2.24) is 4.90 Å². The van der Waals surface area contributed by atoms with Gasteiger partial charge in [-0.15, -0.1) is 0 Å². The van der Waals surface area contributed by atoms with Gasteiger partial charge < -0.3 is 15.1 Å². The van der Waals surface area contributed by atoms with Crippen LogP contribution in [0.25, 0.3) is 0 Å². The topological polar surface area (TPSA) is 46.3 Å². The summed E-state index contributed by atoms with van der Waals surface area (Å²) < 4.78 is 0.660. The number of hydrogen-bond donors (Lipinski definition) is 1. The molecule has 2 N–H and O–H groups in total. The number of carbonyl (C=O) groups is 1. The molecule has 0 radical (unpaired) electrons. The Bertz CT molecular complexity index is 154. The molecule has 0 aliphatic rings. The summed E-state index contributed by atoms with van der Waals surface area (Å²) in [5, 5.41) is 0. The van der Waals surface area contributed by atoms with Crippen molar-refractivity contribution < 1.29 is 9.28 Å². The molecule has 12 heavy (non-hydrogen) atoms. The molecule has 4 heteroatoms. The largest absolute Gasteiger partial charge is 0.365 e. The van der Waals surface area contributed by atoms with E-state index in [0.29, 0.717) is 11.0 Å². The van der Waals surface area contributed by atoms with Crippen LogP contribution in [0.1, 0.15) is 0 Å². The number of quaternary nitrogens is 1. The average Bonchev–Trinajstić information content (AvgIpc) is 1.81. The average molecular weight is 174 g/mol. The third kappa shape index (κ3) is 6.12. The summed E-state index contributed by atoms with van der Waals surface area (Å²) in [6.45, 7) is 2.32. The Morgan fingerprint density at radius 1 is 1.42 bits per heavy atom. The summed E-state index contributed by atoms with van der Waals surface area (Å²) in [6, 6.07) is 0. The molecular weight excluding hydrogens is 154 g/mol. The summed E-state index contributed by atoms with van der Waals surface area (Å²) in [5.74, 6) is -0.237. The van der Waals surface area contributed by atoms with Gasteiger partial charge in [0.2, 0.25) is 0 Å². The standard InChI is InChI=1S/C8H19N3O/c1-10(2)5-6-11(3,4)7-8(9)12/h5-7H2,1-4H3,(H-,9,12)/p+1. The zero-order chi connectivity index (χ0) is 9.78. The van der Waals surface area contributed by atoms with Gasteiger partial charge in [-0.1, -0.05) is 0 Å². The third-order valence-electron chi connectivity index (χ3n) is 1.74. The fourth-order valence-corrected chi connectivity index (χ4v) is 0.972. The van der Waals surface area contributed by atoms with Gasteiger partial charge in [0.05, 0.1) is 20.6 Å². The van der Waals surface area contributed by atoms with Crippen molar-refractivity contribution in [3.8, 4) is 0 Å². The first-order valence-corrected chi connectivity index (χ1v) is 4.08. The summed E-state index contributed by atoms with van der Waals surface area (Å²) in [6.07, 6.45) is 0. The lowest BCUT2D eigenvalue weighted by atomic mass is 10.4. The molecule has 72 valence electrons. The molecule has 0 aromatic carbocycles. The molecular formula is C8H20N3O+. The van der Waals surface area contributed by atoms with Gasteiger partial charge in [-0.05, 0) is 14.1 Å². The predicted octanol–water partition coefficient (Wildman–Crippen LogP) is -0.890. The van der Waals surface area contributed by atoms with Crippen molar-refractivity contribution in [2.24, 2.45) is 5.73 Å². The summed E-state index contributed by atoms with van der Waals surface area (Å²) in [4.78, 5) is 12.8. The van der Waals surface area contributed by atoms with Crippen LogP contribution in [0.4, 0.5) is 0 Å². The van der Waals surface area contributed by atoms with Crippen LogP contribution in [0, 0.1) is 0 Å². The molecule has 0 saturated carbocycles. The van der Waals surface area contributed by atoms with Crippen LogP contribution in [-0.2, 0) is 4.79 Å².